The van der Waals surface area contributed by atoms with Crippen LogP contribution in [-0.2, 0) is 0 Å². The molecule has 2 heterocycles. The summed E-state index contributed by atoms with van der Waals surface area (Å²) in [6.07, 6.45) is 6.45. The number of hydrogen-bond donors (Lipinski definition) is 0. The molecule has 2 atom stereocenters. The Labute approximate surface area is 116 Å². The first-order valence-corrected chi connectivity index (χ1v) is 6.66. The number of likely N-dealkylation sites (N-methyl/N-ethyl adjacent to an activating group) is 1. The number of fused-ring (bicyclic) bond motifs is 2. The fourth-order valence-corrected chi connectivity index (χ4v) is 3.34. The maximum absolute atomic E-state index is 2.55. The Morgan fingerprint density at radius 2 is 1.94 bits per heavy atom. The van der Waals surface area contributed by atoms with Crippen molar-refractivity contribution in [2.75, 3.05) is 7.05 Å². The molecule has 2 unspecified atom stereocenters. The molecule has 2 aliphatic heterocycles. The monoisotopic (exact) mass is 263 g/mol. The van der Waals surface area contributed by atoms with E-state index >= 15 is 0 Å². The number of aryl methyl sites for hydroxylation is 1. The number of halogens is 1. The smallest absolute Gasteiger partial charge is 0.0284 e. The molecule has 0 spiro atoms. The molecule has 0 saturated carbocycles. The molecule has 0 aliphatic carbocycles. The predicted molar refractivity (Wildman–Crippen MR) is 80.3 cm³/mol. The van der Waals surface area contributed by atoms with Crippen LogP contribution >= 0.6 is 12.4 Å². The van der Waals surface area contributed by atoms with Gasteiger partial charge < -0.3 is 0 Å². The summed E-state index contributed by atoms with van der Waals surface area (Å²) in [6.45, 7) is 4.47. The average Bonchev–Trinajstić information content (AvgIpc) is 2.54. The highest BCUT2D eigenvalue weighted by Gasteiger charge is 2.34. The summed E-state index contributed by atoms with van der Waals surface area (Å²) < 4.78 is 0. The van der Waals surface area contributed by atoms with Crippen LogP contribution in [0.1, 0.15) is 36.0 Å². The molecule has 2 bridgehead atoms. The maximum atomic E-state index is 2.55. The minimum Gasteiger partial charge on any atom is -0.297 e. The van der Waals surface area contributed by atoms with Gasteiger partial charge in [0.2, 0.25) is 0 Å². The van der Waals surface area contributed by atoms with Crippen LogP contribution in [0.5, 0.6) is 0 Å². The quantitative estimate of drug-likeness (QED) is 0.741. The highest BCUT2D eigenvalue weighted by atomic mass is 35.5. The van der Waals surface area contributed by atoms with Gasteiger partial charge in [0.05, 0.1) is 0 Å². The Morgan fingerprint density at radius 1 is 1.17 bits per heavy atom. The van der Waals surface area contributed by atoms with E-state index in [9.17, 15) is 0 Å². The molecule has 0 N–H and O–H groups in total. The largest absolute Gasteiger partial charge is 0.297 e. The van der Waals surface area contributed by atoms with E-state index in [2.05, 4.69) is 50.1 Å². The minimum absolute atomic E-state index is 0. The molecule has 1 aromatic rings. The van der Waals surface area contributed by atoms with Crippen LogP contribution in [0.25, 0.3) is 5.57 Å². The van der Waals surface area contributed by atoms with Gasteiger partial charge >= 0.3 is 0 Å². The molecular weight excluding hydrogens is 242 g/mol. The molecule has 0 amide bonds. The van der Waals surface area contributed by atoms with Crippen LogP contribution in [-0.4, -0.2) is 24.0 Å². The van der Waals surface area contributed by atoms with Gasteiger partial charge in [0.1, 0.15) is 0 Å². The summed E-state index contributed by atoms with van der Waals surface area (Å²) in [4.78, 5) is 2.55. The van der Waals surface area contributed by atoms with Gasteiger partial charge in [0, 0.05) is 12.1 Å². The minimum atomic E-state index is 0. The molecule has 1 fully saturated rings. The van der Waals surface area contributed by atoms with E-state index in [1.807, 2.05) is 0 Å². The topological polar surface area (TPSA) is 3.24 Å². The number of rotatable bonds is 1. The lowest BCUT2D eigenvalue weighted by molar-refractivity contribution is 0.264. The van der Waals surface area contributed by atoms with E-state index in [4.69, 9.17) is 0 Å². The second-order valence-corrected chi connectivity index (χ2v) is 5.61. The van der Waals surface area contributed by atoms with E-state index in [-0.39, 0.29) is 12.4 Å². The molecular formula is C16H22ClN. The Hall–Kier alpha value is -0.790. The SMILES string of the molecule is Cc1cccc(C2=CC3CCC(C2)N3C)c1C.Cl. The fraction of sp³-hybridized carbons (Fsp3) is 0.500. The van der Waals surface area contributed by atoms with Gasteiger partial charge in [-0.2, -0.15) is 0 Å². The third kappa shape index (κ3) is 2.10. The molecule has 3 rings (SSSR count). The van der Waals surface area contributed by atoms with Gasteiger partial charge in [-0.1, -0.05) is 24.3 Å². The van der Waals surface area contributed by atoms with Crippen LogP contribution in [0, 0.1) is 13.8 Å². The van der Waals surface area contributed by atoms with Crippen LogP contribution in [0.4, 0.5) is 0 Å². The first-order chi connectivity index (χ1) is 8.16. The molecule has 18 heavy (non-hydrogen) atoms. The molecule has 1 saturated heterocycles. The van der Waals surface area contributed by atoms with Crippen molar-refractivity contribution in [1.82, 2.24) is 4.90 Å². The summed E-state index contributed by atoms with van der Waals surface area (Å²) in [7, 11) is 2.28. The Morgan fingerprint density at radius 3 is 2.67 bits per heavy atom. The third-order valence-corrected chi connectivity index (χ3v) is 4.69. The fourth-order valence-electron chi connectivity index (χ4n) is 3.34. The van der Waals surface area contributed by atoms with Crippen molar-refractivity contribution in [2.45, 2.75) is 45.2 Å². The lowest BCUT2D eigenvalue weighted by Gasteiger charge is -2.31. The number of hydrogen-bond acceptors (Lipinski definition) is 1. The first-order valence-electron chi connectivity index (χ1n) is 6.66. The van der Waals surface area contributed by atoms with Gasteiger partial charge in [-0.25, -0.2) is 0 Å². The second-order valence-electron chi connectivity index (χ2n) is 5.61. The van der Waals surface area contributed by atoms with Gasteiger partial charge in [-0.3, -0.25) is 4.90 Å². The summed E-state index contributed by atoms with van der Waals surface area (Å²) in [5.74, 6) is 0. The Kier molecular flexibility index (Phi) is 3.84. The lowest BCUT2D eigenvalue weighted by Crippen LogP contribution is -2.34. The molecule has 2 heteroatoms. The van der Waals surface area contributed by atoms with Crippen molar-refractivity contribution in [2.24, 2.45) is 0 Å². The van der Waals surface area contributed by atoms with Gasteiger partial charge in [0.25, 0.3) is 0 Å². The van der Waals surface area contributed by atoms with Crippen molar-refractivity contribution < 1.29 is 0 Å². The molecule has 1 nitrogen and oxygen atoms in total. The molecule has 98 valence electrons. The molecule has 0 aromatic heterocycles. The highest BCUT2D eigenvalue weighted by Crippen LogP contribution is 2.38. The zero-order valence-electron chi connectivity index (χ0n) is 11.4. The van der Waals surface area contributed by atoms with Crippen molar-refractivity contribution in [3.8, 4) is 0 Å². The zero-order valence-corrected chi connectivity index (χ0v) is 12.3. The first kappa shape index (κ1) is 13.6. The summed E-state index contributed by atoms with van der Waals surface area (Å²) in [5.41, 5.74) is 5.93. The normalized spacial score (nSPS) is 26.7. The van der Waals surface area contributed by atoms with Gasteiger partial charge in [-0.15, -0.1) is 12.4 Å². The van der Waals surface area contributed by atoms with E-state index in [1.54, 1.807) is 5.57 Å². The average molecular weight is 264 g/mol. The summed E-state index contributed by atoms with van der Waals surface area (Å²) in [6, 6.07) is 8.16. The van der Waals surface area contributed by atoms with Crippen LogP contribution in [0.15, 0.2) is 24.3 Å². The third-order valence-electron chi connectivity index (χ3n) is 4.69. The summed E-state index contributed by atoms with van der Waals surface area (Å²) in [5, 5.41) is 0. The van der Waals surface area contributed by atoms with E-state index in [1.165, 1.54) is 36.0 Å². The number of nitrogens with zero attached hydrogens (tertiary/aromatic N) is 1. The van der Waals surface area contributed by atoms with Crippen LogP contribution in [0.3, 0.4) is 0 Å². The van der Waals surface area contributed by atoms with Crippen molar-refractivity contribution in [1.29, 1.82) is 0 Å². The van der Waals surface area contributed by atoms with Gasteiger partial charge in [0.15, 0.2) is 0 Å². The highest BCUT2D eigenvalue weighted by molar-refractivity contribution is 5.85. The predicted octanol–water partition coefficient (Wildman–Crippen LogP) is 3.98. The van der Waals surface area contributed by atoms with E-state index in [0.29, 0.717) is 6.04 Å². The molecule has 0 radical (unpaired) electrons. The second kappa shape index (κ2) is 5.07. The van der Waals surface area contributed by atoms with Crippen molar-refractivity contribution in [3.05, 3.63) is 41.0 Å². The maximum Gasteiger partial charge on any atom is 0.0284 e. The lowest BCUT2D eigenvalue weighted by atomic mass is 9.90. The zero-order chi connectivity index (χ0) is 12.0. The van der Waals surface area contributed by atoms with Crippen molar-refractivity contribution >= 4 is 18.0 Å². The van der Waals surface area contributed by atoms with Crippen LogP contribution in [0.2, 0.25) is 0 Å². The Balaban J connectivity index is 0.00000120. The number of benzene rings is 1. The van der Waals surface area contributed by atoms with Crippen molar-refractivity contribution in [3.63, 3.8) is 0 Å². The van der Waals surface area contributed by atoms with E-state index < -0.39 is 0 Å². The molecule has 1 aromatic carbocycles. The van der Waals surface area contributed by atoms with E-state index in [0.717, 1.165) is 6.04 Å². The Bertz CT molecular complexity index is 478. The molecule has 2 aliphatic rings. The van der Waals surface area contributed by atoms with Crippen LogP contribution < -0.4 is 0 Å². The summed E-state index contributed by atoms with van der Waals surface area (Å²) >= 11 is 0. The standard InChI is InChI=1S/C16H21N.ClH/c1-11-5-4-6-16(12(11)2)13-9-14-7-8-15(10-13)17(14)3;/h4-6,9,14-15H,7-8,10H2,1-3H3;1H. The van der Waals surface area contributed by atoms with Gasteiger partial charge in [-0.05, 0) is 62.4 Å².